The van der Waals surface area contributed by atoms with Crippen molar-refractivity contribution >= 4 is 23.1 Å². The fourth-order valence-corrected chi connectivity index (χ4v) is 3.06. The lowest BCUT2D eigenvalue weighted by Gasteiger charge is -2.18. The summed E-state index contributed by atoms with van der Waals surface area (Å²) in [6.07, 6.45) is 10.7. The van der Waals surface area contributed by atoms with Gasteiger partial charge in [0.2, 0.25) is 0 Å². The van der Waals surface area contributed by atoms with Gasteiger partial charge in [0.25, 0.3) is 0 Å². The van der Waals surface area contributed by atoms with Crippen LogP contribution in [0.2, 0.25) is 0 Å². The van der Waals surface area contributed by atoms with E-state index >= 15 is 0 Å². The highest BCUT2D eigenvalue weighted by molar-refractivity contribution is 7.80. The summed E-state index contributed by atoms with van der Waals surface area (Å²) >= 11 is 5.20. The van der Waals surface area contributed by atoms with Crippen LogP contribution in [-0.2, 0) is 13.1 Å². The molecular weight excluding hydrogens is 382 g/mol. The third-order valence-electron chi connectivity index (χ3n) is 4.08. The lowest BCUT2D eigenvalue weighted by molar-refractivity contribution is 0.287. The monoisotopic (exact) mass is 405 g/mol. The average Bonchev–Trinajstić information content (AvgIpc) is 3.18. The van der Waals surface area contributed by atoms with Crippen LogP contribution in [0.1, 0.15) is 18.2 Å². The number of benzene rings is 1. The van der Waals surface area contributed by atoms with Crippen LogP contribution in [0.3, 0.4) is 0 Å². The SMILES string of the molecule is C#CCN(Cc1ccccc1)Cc1cn(-c2cc(NC(=S)NCC)ncn2)cn1. The molecule has 0 bridgehead atoms. The van der Waals surface area contributed by atoms with Crippen molar-refractivity contribution in [1.82, 2.24) is 29.7 Å². The molecule has 0 saturated carbocycles. The number of anilines is 1. The average molecular weight is 406 g/mol. The summed E-state index contributed by atoms with van der Waals surface area (Å²) in [7, 11) is 0. The second-order valence-electron chi connectivity index (χ2n) is 6.35. The molecule has 0 radical (unpaired) electrons. The number of hydrogen-bond acceptors (Lipinski definition) is 5. The standard InChI is InChI=1S/C21H23N7S/c1-3-10-27(12-17-8-6-5-7-9-17)13-18-14-28(16-25-18)20-11-19(23-15-24-20)26-21(29)22-4-2/h1,5-9,11,14-16H,4,10,12-13H2,2H3,(H2,22,23,24,26,29). The van der Waals surface area contributed by atoms with Crippen LogP contribution in [0.15, 0.2) is 55.2 Å². The highest BCUT2D eigenvalue weighted by atomic mass is 32.1. The van der Waals surface area contributed by atoms with Gasteiger partial charge in [-0.3, -0.25) is 9.47 Å². The predicted molar refractivity (Wildman–Crippen MR) is 118 cm³/mol. The van der Waals surface area contributed by atoms with E-state index in [4.69, 9.17) is 18.6 Å². The fourth-order valence-electron chi connectivity index (χ4n) is 2.82. The quantitative estimate of drug-likeness (QED) is 0.441. The smallest absolute Gasteiger partial charge is 0.171 e. The molecule has 0 atom stereocenters. The Labute approximate surface area is 176 Å². The lowest BCUT2D eigenvalue weighted by Crippen LogP contribution is -2.28. The summed E-state index contributed by atoms with van der Waals surface area (Å²) in [5.41, 5.74) is 2.12. The van der Waals surface area contributed by atoms with Crippen LogP contribution < -0.4 is 10.6 Å². The number of hydrogen-bond donors (Lipinski definition) is 2. The summed E-state index contributed by atoms with van der Waals surface area (Å²) in [6.45, 7) is 4.68. The van der Waals surface area contributed by atoms with Crippen molar-refractivity contribution in [2.24, 2.45) is 0 Å². The Morgan fingerprint density at radius 1 is 1.21 bits per heavy atom. The van der Waals surface area contributed by atoms with Gasteiger partial charge in [0.1, 0.15) is 24.3 Å². The highest BCUT2D eigenvalue weighted by Gasteiger charge is 2.10. The number of rotatable bonds is 8. The summed E-state index contributed by atoms with van der Waals surface area (Å²) in [5.74, 6) is 4.05. The molecule has 2 N–H and O–H groups in total. The summed E-state index contributed by atoms with van der Waals surface area (Å²) in [5, 5.41) is 6.59. The van der Waals surface area contributed by atoms with E-state index in [9.17, 15) is 0 Å². The van der Waals surface area contributed by atoms with Gasteiger partial charge in [0.05, 0.1) is 12.2 Å². The summed E-state index contributed by atoms with van der Waals surface area (Å²) in [6, 6.07) is 12.1. The molecule has 2 heterocycles. The zero-order chi connectivity index (χ0) is 20.5. The Bertz CT molecular complexity index is 978. The van der Waals surface area contributed by atoms with Crippen LogP contribution in [0, 0.1) is 12.3 Å². The van der Waals surface area contributed by atoms with Gasteiger partial charge >= 0.3 is 0 Å². The lowest BCUT2D eigenvalue weighted by atomic mass is 10.2. The minimum Gasteiger partial charge on any atom is -0.363 e. The number of thiocarbonyl (C=S) groups is 1. The molecular formula is C21H23N7S. The Morgan fingerprint density at radius 2 is 2.03 bits per heavy atom. The van der Waals surface area contributed by atoms with E-state index in [2.05, 4.69) is 48.5 Å². The van der Waals surface area contributed by atoms with Crippen molar-refractivity contribution in [3.63, 3.8) is 0 Å². The van der Waals surface area contributed by atoms with Gasteiger partial charge in [-0.15, -0.1) is 6.42 Å². The molecule has 0 fully saturated rings. The van der Waals surface area contributed by atoms with Gasteiger partial charge in [0.15, 0.2) is 5.11 Å². The summed E-state index contributed by atoms with van der Waals surface area (Å²) in [4.78, 5) is 15.2. The molecule has 7 nitrogen and oxygen atoms in total. The maximum absolute atomic E-state index is 5.55. The van der Waals surface area contributed by atoms with Crippen molar-refractivity contribution in [1.29, 1.82) is 0 Å². The molecule has 0 aliphatic heterocycles. The topological polar surface area (TPSA) is 70.9 Å². The molecule has 0 amide bonds. The van der Waals surface area contributed by atoms with Gasteiger partial charge in [-0.2, -0.15) is 0 Å². The van der Waals surface area contributed by atoms with Gasteiger partial charge in [-0.05, 0) is 24.7 Å². The number of nitrogens with one attached hydrogen (secondary N) is 2. The second-order valence-corrected chi connectivity index (χ2v) is 6.76. The van der Waals surface area contributed by atoms with Crippen LogP contribution >= 0.6 is 12.2 Å². The third kappa shape index (κ3) is 6.10. The Balaban J connectivity index is 1.69. The zero-order valence-electron chi connectivity index (χ0n) is 16.2. The number of aromatic nitrogens is 4. The molecule has 0 unspecified atom stereocenters. The van der Waals surface area contributed by atoms with Crippen molar-refractivity contribution in [3.05, 3.63) is 66.5 Å². The molecule has 0 aliphatic rings. The first-order valence-corrected chi connectivity index (χ1v) is 9.68. The molecule has 148 valence electrons. The normalized spacial score (nSPS) is 10.5. The molecule has 3 rings (SSSR count). The van der Waals surface area contributed by atoms with Crippen molar-refractivity contribution in [2.75, 3.05) is 18.4 Å². The molecule has 0 spiro atoms. The van der Waals surface area contributed by atoms with E-state index in [1.807, 2.05) is 42.0 Å². The number of nitrogens with zero attached hydrogens (tertiary/aromatic N) is 5. The molecule has 29 heavy (non-hydrogen) atoms. The van der Waals surface area contributed by atoms with Gasteiger partial charge in [-0.25, -0.2) is 15.0 Å². The molecule has 2 aromatic heterocycles. The van der Waals surface area contributed by atoms with E-state index in [0.717, 1.165) is 18.8 Å². The molecule has 1 aromatic carbocycles. The second kappa shape index (κ2) is 10.3. The third-order valence-corrected chi connectivity index (χ3v) is 4.33. The first-order chi connectivity index (χ1) is 14.2. The van der Waals surface area contributed by atoms with Crippen molar-refractivity contribution in [2.45, 2.75) is 20.0 Å². The number of terminal acetylenes is 1. The molecule has 0 aliphatic carbocycles. The maximum Gasteiger partial charge on any atom is 0.171 e. The van der Waals surface area contributed by atoms with E-state index in [1.54, 1.807) is 6.33 Å². The maximum atomic E-state index is 5.55. The summed E-state index contributed by atoms with van der Waals surface area (Å²) < 4.78 is 1.86. The first kappa shape index (κ1) is 20.5. The predicted octanol–water partition coefficient (Wildman–Crippen LogP) is 2.60. The fraction of sp³-hybridized carbons (Fsp3) is 0.238. The Kier molecular flexibility index (Phi) is 7.28. The highest BCUT2D eigenvalue weighted by Crippen LogP contribution is 2.12. The minimum absolute atomic E-state index is 0.523. The van der Waals surface area contributed by atoms with Crippen LogP contribution in [0.4, 0.5) is 5.82 Å². The van der Waals surface area contributed by atoms with Gasteiger partial charge in [-0.1, -0.05) is 36.3 Å². The number of imidazole rings is 1. The molecule has 8 heteroatoms. The van der Waals surface area contributed by atoms with Crippen LogP contribution in [0.5, 0.6) is 0 Å². The minimum atomic E-state index is 0.523. The van der Waals surface area contributed by atoms with Crippen molar-refractivity contribution < 1.29 is 0 Å². The molecule has 0 saturated heterocycles. The Hall–Kier alpha value is -3.28. The van der Waals surface area contributed by atoms with Crippen LogP contribution in [-0.4, -0.2) is 42.6 Å². The van der Waals surface area contributed by atoms with E-state index < -0.39 is 0 Å². The largest absolute Gasteiger partial charge is 0.363 e. The van der Waals surface area contributed by atoms with E-state index in [1.165, 1.54) is 11.9 Å². The van der Waals surface area contributed by atoms with E-state index in [0.29, 0.717) is 29.8 Å². The van der Waals surface area contributed by atoms with E-state index in [-0.39, 0.29) is 0 Å². The zero-order valence-corrected chi connectivity index (χ0v) is 17.1. The van der Waals surface area contributed by atoms with Crippen molar-refractivity contribution in [3.8, 4) is 18.2 Å². The van der Waals surface area contributed by atoms with Gasteiger partial charge in [0, 0.05) is 31.9 Å². The first-order valence-electron chi connectivity index (χ1n) is 9.27. The van der Waals surface area contributed by atoms with Crippen LogP contribution in [0.25, 0.3) is 5.82 Å². The Morgan fingerprint density at radius 3 is 2.79 bits per heavy atom. The molecule has 3 aromatic rings. The van der Waals surface area contributed by atoms with Gasteiger partial charge < -0.3 is 10.6 Å².